The van der Waals surface area contributed by atoms with Crippen molar-refractivity contribution in [1.82, 2.24) is 20.1 Å². The first-order valence-corrected chi connectivity index (χ1v) is 11.9. The lowest BCUT2D eigenvalue weighted by molar-refractivity contribution is -0.118. The molecule has 3 aromatic rings. The Hall–Kier alpha value is -1.83. The maximum Gasteiger partial charge on any atom is 0.230 e. The van der Waals surface area contributed by atoms with Crippen LogP contribution in [0.3, 0.4) is 0 Å². The molecule has 29 heavy (non-hydrogen) atoms. The Morgan fingerprint density at radius 2 is 2.14 bits per heavy atom. The molecule has 1 amide bonds. The van der Waals surface area contributed by atoms with Crippen LogP contribution in [0.15, 0.2) is 34.8 Å². The molecule has 1 atom stereocenters. The highest BCUT2D eigenvalue weighted by Crippen LogP contribution is 2.38. The van der Waals surface area contributed by atoms with Gasteiger partial charge in [-0.1, -0.05) is 42.4 Å². The van der Waals surface area contributed by atoms with Crippen LogP contribution in [0.25, 0.3) is 11.4 Å². The SMILES string of the molecule is CC1CCc2c(-c3nnc(SCC(=O)NCc4ccc(Cl)cc4)n3C)csc2C1. The molecule has 0 aliphatic heterocycles. The van der Waals surface area contributed by atoms with Gasteiger partial charge >= 0.3 is 0 Å². The van der Waals surface area contributed by atoms with Crippen molar-refractivity contribution in [3.63, 3.8) is 0 Å². The smallest absolute Gasteiger partial charge is 0.230 e. The van der Waals surface area contributed by atoms with E-state index in [0.29, 0.717) is 17.3 Å². The highest BCUT2D eigenvalue weighted by Gasteiger charge is 2.23. The van der Waals surface area contributed by atoms with Gasteiger partial charge in [-0.3, -0.25) is 4.79 Å². The normalized spacial score (nSPS) is 15.9. The fraction of sp³-hybridized carbons (Fsp3) is 0.381. The number of nitrogens with zero attached hydrogens (tertiary/aromatic N) is 3. The van der Waals surface area contributed by atoms with Crippen LogP contribution in [-0.4, -0.2) is 26.4 Å². The molecule has 0 saturated carbocycles. The molecule has 0 bridgehead atoms. The number of carbonyl (C=O) groups excluding carboxylic acids is 1. The zero-order valence-electron chi connectivity index (χ0n) is 16.4. The summed E-state index contributed by atoms with van der Waals surface area (Å²) in [7, 11) is 1.97. The molecule has 1 aliphatic carbocycles. The summed E-state index contributed by atoms with van der Waals surface area (Å²) in [6, 6.07) is 7.46. The van der Waals surface area contributed by atoms with Crippen LogP contribution >= 0.6 is 34.7 Å². The Morgan fingerprint density at radius 1 is 1.34 bits per heavy atom. The Bertz CT molecular complexity index is 1010. The largest absolute Gasteiger partial charge is 0.351 e. The first kappa shape index (κ1) is 20.4. The van der Waals surface area contributed by atoms with Crippen LogP contribution in [0.5, 0.6) is 0 Å². The number of hydrogen-bond acceptors (Lipinski definition) is 5. The minimum absolute atomic E-state index is 0.0311. The summed E-state index contributed by atoms with van der Waals surface area (Å²) in [4.78, 5) is 13.7. The number of hydrogen-bond donors (Lipinski definition) is 1. The van der Waals surface area contributed by atoms with E-state index in [1.54, 1.807) is 0 Å². The molecule has 8 heteroatoms. The van der Waals surface area contributed by atoms with Crippen LogP contribution in [0, 0.1) is 5.92 Å². The number of carbonyl (C=O) groups is 1. The number of amides is 1. The Morgan fingerprint density at radius 3 is 2.93 bits per heavy atom. The number of benzene rings is 1. The van der Waals surface area contributed by atoms with E-state index in [2.05, 4.69) is 27.8 Å². The van der Waals surface area contributed by atoms with Crippen molar-refractivity contribution in [2.75, 3.05) is 5.75 Å². The Labute approximate surface area is 183 Å². The average Bonchev–Trinajstić information content (AvgIpc) is 3.28. The summed E-state index contributed by atoms with van der Waals surface area (Å²) in [5.74, 6) is 1.92. The minimum Gasteiger partial charge on any atom is -0.351 e. The van der Waals surface area contributed by atoms with E-state index in [1.165, 1.54) is 34.2 Å². The summed E-state index contributed by atoms with van der Waals surface area (Å²) in [6.45, 7) is 2.80. The molecule has 1 unspecified atom stereocenters. The molecule has 4 rings (SSSR count). The van der Waals surface area contributed by atoms with Gasteiger partial charge in [0.2, 0.25) is 5.91 Å². The summed E-state index contributed by atoms with van der Waals surface area (Å²) < 4.78 is 2.00. The zero-order chi connectivity index (χ0) is 20.4. The summed E-state index contributed by atoms with van der Waals surface area (Å²) in [6.07, 6.45) is 3.50. The lowest BCUT2D eigenvalue weighted by Crippen LogP contribution is -2.24. The van der Waals surface area contributed by atoms with Crippen LogP contribution in [-0.2, 0) is 31.2 Å². The first-order chi connectivity index (χ1) is 14.0. The molecule has 2 aromatic heterocycles. The van der Waals surface area contributed by atoms with Gasteiger partial charge in [-0.15, -0.1) is 21.5 Å². The van der Waals surface area contributed by atoms with E-state index < -0.39 is 0 Å². The van der Waals surface area contributed by atoms with E-state index in [1.807, 2.05) is 47.2 Å². The van der Waals surface area contributed by atoms with Crippen molar-refractivity contribution < 1.29 is 4.79 Å². The molecule has 5 nitrogen and oxygen atoms in total. The second-order valence-electron chi connectivity index (χ2n) is 7.46. The van der Waals surface area contributed by atoms with Gasteiger partial charge in [-0.25, -0.2) is 0 Å². The number of halogens is 1. The standard InChI is InChI=1S/C21H23ClN4OS2/c1-13-3-8-16-17(11-28-18(16)9-13)20-24-25-21(26(20)2)29-12-19(27)23-10-14-4-6-15(22)7-5-14/h4-7,11,13H,3,8-10,12H2,1-2H3,(H,23,27). The van der Waals surface area contributed by atoms with Crippen LogP contribution < -0.4 is 5.32 Å². The third kappa shape index (κ3) is 4.68. The van der Waals surface area contributed by atoms with Gasteiger partial charge in [0.05, 0.1) is 5.75 Å². The van der Waals surface area contributed by atoms with E-state index in [-0.39, 0.29) is 5.91 Å². The first-order valence-electron chi connectivity index (χ1n) is 9.64. The zero-order valence-corrected chi connectivity index (χ0v) is 18.8. The molecule has 0 saturated heterocycles. The molecule has 1 aliphatic rings. The highest BCUT2D eigenvalue weighted by molar-refractivity contribution is 7.99. The molecule has 0 radical (unpaired) electrons. The minimum atomic E-state index is -0.0311. The van der Waals surface area contributed by atoms with Crippen molar-refractivity contribution in [3.05, 3.63) is 50.7 Å². The topological polar surface area (TPSA) is 59.8 Å². The Balaban J connectivity index is 1.37. The Kier molecular flexibility index (Phi) is 6.27. The molecule has 1 N–H and O–H groups in total. The van der Waals surface area contributed by atoms with E-state index in [0.717, 1.165) is 35.3 Å². The van der Waals surface area contributed by atoms with Gasteiger partial charge in [-0.05, 0) is 48.4 Å². The quantitative estimate of drug-likeness (QED) is 0.556. The van der Waals surface area contributed by atoms with Crippen molar-refractivity contribution >= 4 is 40.6 Å². The fourth-order valence-electron chi connectivity index (χ4n) is 3.52. The fourth-order valence-corrected chi connectivity index (χ4v) is 5.63. The molecular weight excluding hydrogens is 424 g/mol. The van der Waals surface area contributed by atoms with Gasteiger partial charge in [0, 0.05) is 34.4 Å². The van der Waals surface area contributed by atoms with Crippen molar-refractivity contribution in [2.24, 2.45) is 13.0 Å². The van der Waals surface area contributed by atoms with Crippen LogP contribution in [0.2, 0.25) is 5.02 Å². The summed E-state index contributed by atoms with van der Waals surface area (Å²) in [5, 5.41) is 15.3. The average molecular weight is 447 g/mol. The van der Waals surface area contributed by atoms with Crippen LogP contribution in [0.1, 0.15) is 29.3 Å². The van der Waals surface area contributed by atoms with Crippen molar-refractivity contribution in [2.45, 2.75) is 37.9 Å². The van der Waals surface area contributed by atoms with Crippen molar-refractivity contribution in [1.29, 1.82) is 0 Å². The molecule has 1 aromatic carbocycles. The van der Waals surface area contributed by atoms with Gasteiger partial charge in [-0.2, -0.15) is 0 Å². The molecular formula is C21H23ClN4OS2. The van der Waals surface area contributed by atoms with Gasteiger partial charge in [0.25, 0.3) is 0 Å². The monoisotopic (exact) mass is 446 g/mol. The summed E-state index contributed by atoms with van der Waals surface area (Å²) >= 11 is 9.13. The number of fused-ring (bicyclic) bond motifs is 1. The molecule has 0 fully saturated rings. The number of nitrogens with one attached hydrogen (secondary N) is 1. The maximum atomic E-state index is 12.2. The molecule has 0 spiro atoms. The van der Waals surface area contributed by atoms with E-state index >= 15 is 0 Å². The van der Waals surface area contributed by atoms with Gasteiger partial charge in [0.1, 0.15) is 0 Å². The lowest BCUT2D eigenvalue weighted by Gasteiger charge is -2.18. The van der Waals surface area contributed by atoms with Gasteiger partial charge < -0.3 is 9.88 Å². The third-order valence-electron chi connectivity index (χ3n) is 5.21. The van der Waals surface area contributed by atoms with Crippen molar-refractivity contribution in [3.8, 4) is 11.4 Å². The van der Waals surface area contributed by atoms with Gasteiger partial charge in [0.15, 0.2) is 11.0 Å². The maximum absolute atomic E-state index is 12.2. The molecule has 152 valence electrons. The highest BCUT2D eigenvalue weighted by atomic mass is 35.5. The number of rotatable bonds is 6. The third-order valence-corrected chi connectivity index (χ3v) is 7.54. The molecule has 2 heterocycles. The van der Waals surface area contributed by atoms with Crippen LogP contribution in [0.4, 0.5) is 0 Å². The predicted octanol–water partition coefficient (Wildman–Crippen LogP) is 4.73. The lowest BCUT2D eigenvalue weighted by atomic mass is 9.88. The van der Waals surface area contributed by atoms with E-state index in [4.69, 9.17) is 11.6 Å². The number of thiophene rings is 1. The second kappa shape index (κ2) is 8.90. The second-order valence-corrected chi connectivity index (χ2v) is 9.80. The predicted molar refractivity (Wildman–Crippen MR) is 120 cm³/mol. The number of thioether (sulfide) groups is 1. The summed E-state index contributed by atoms with van der Waals surface area (Å²) in [5.41, 5.74) is 3.65. The number of aromatic nitrogens is 3. The van der Waals surface area contributed by atoms with E-state index in [9.17, 15) is 4.79 Å².